The van der Waals surface area contributed by atoms with Crippen molar-refractivity contribution < 1.29 is 4.84 Å². The van der Waals surface area contributed by atoms with Crippen molar-refractivity contribution in [2.24, 2.45) is 10.1 Å². The van der Waals surface area contributed by atoms with E-state index in [1.54, 1.807) is 0 Å². The van der Waals surface area contributed by atoms with Gasteiger partial charge in [0, 0.05) is 0 Å². The normalized spacial score (nSPS) is 14.0. The van der Waals surface area contributed by atoms with Crippen LogP contribution in [0.5, 0.6) is 0 Å². The summed E-state index contributed by atoms with van der Waals surface area (Å²) in [7, 11) is 0. The third kappa shape index (κ3) is 0.757. The summed E-state index contributed by atoms with van der Waals surface area (Å²) < 4.78 is 0. The van der Waals surface area contributed by atoms with E-state index in [4.69, 9.17) is 4.84 Å². The van der Waals surface area contributed by atoms with Gasteiger partial charge >= 0.3 is 0 Å². The molecule has 10 heavy (non-hydrogen) atoms. The lowest BCUT2D eigenvalue weighted by molar-refractivity contribution is 0.131. The highest BCUT2D eigenvalue weighted by molar-refractivity contribution is 5.00. The maximum absolute atomic E-state index is 4.75. The molecule has 1 aliphatic heterocycles. The number of rotatable bonds is 0. The third-order valence-corrected chi connectivity index (χ3v) is 1.34. The van der Waals surface area contributed by atoms with Gasteiger partial charge in [0.05, 0.1) is 5.36 Å². The van der Waals surface area contributed by atoms with Crippen LogP contribution >= 0.6 is 0 Å². The summed E-state index contributed by atoms with van der Waals surface area (Å²) in [6, 6.07) is 7.63. The SMILES string of the molecule is c1ccc2c(c1)=NCON=2. The Morgan fingerprint density at radius 2 is 2.00 bits per heavy atom. The van der Waals surface area contributed by atoms with E-state index in [0.29, 0.717) is 6.73 Å². The van der Waals surface area contributed by atoms with Crippen LogP contribution in [0.2, 0.25) is 0 Å². The van der Waals surface area contributed by atoms with Crippen LogP contribution in [0, 0.1) is 0 Å². The highest BCUT2D eigenvalue weighted by Gasteiger charge is 1.91. The molecule has 2 rings (SSSR count). The second kappa shape index (κ2) is 2.10. The Bertz CT molecular complexity index is 310. The van der Waals surface area contributed by atoms with Gasteiger partial charge in [-0.1, -0.05) is 17.3 Å². The third-order valence-electron chi connectivity index (χ3n) is 1.34. The summed E-state index contributed by atoms with van der Waals surface area (Å²) in [5, 5.41) is 5.52. The molecule has 50 valence electrons. The van der Waals surface area contributed by atoms with Gasteiger partial charge in [-0.05, 0) is 12.1 Å². The molecule has 1 heterocycles. The monoisotopic (exact) mass is 134 g/mol. The lowest BCUT2D eigenvalue weighted by Gasteiger charge is -1.97. The number of hydrogen-bond donors (Lipinski definition) is 0. The van der Waals surface area contributed by atoms with E-state index in [0.717, 1.165) is 10.7 Å². The topological polar surface area (TPSA) is 34.0 Å². The molecule has 0 aliphatic carbocycles. The minimum Gasteiger partial charge on any atom is -0.371 e. The molecule has 0 radical (unpaired) electrons. The molecule has 1 aromatic rings. The van der Waals surface area contributed by atoms with E-state index in [2.05, 4.69) is 10.1 Å². The van der Waals surface area contributed by atoms with Gasteiger partial charge in [0.2, 0.25) is 6.73 Å². The van der Waals surface area contributed by atoms with Crippen LogP contribution in [-0.4, -0.2) is 6.73 Å². The first-order valence-corrected chi connectivity index (χ1v) is 3.06. The maximum atomic E-state index is 4.75. The minimum atomic E-state index is 0.344. The predicted octanol–water partition coefficient (Wildman–Crippen LogP) is -0.172. The molecule has 0 fully saturated rings. The largest absolute Gasteiger partial charge is 0.371 e. The molecule has 0 N–H and O–H groups in total. The predicted molar refractivity (Wildman–Crippen MR) is 34.7 cm³/mol. The van der Waals surface area contributed by atoms with Crippen molar-refractivity contribution in [3.8, 4) is 0 Å². The fourth-order valence-corrected chi connectivity index (χ4v) is 0.872. The molecule has 0 amide bonds. The fourth-order valence-electron chi connectivity index (χ4n) is 0.872. The summed E-state index contributed by atoms with van der Waals surface area (Å²) in [6.45, 7) is 0.344. The average molecular weight is 134 g/mol. The summed E-state index contributed by atoms with van der Waals surface area (Å²) in [6.07, 6.45) is 0. The maximum Gasteiger partial charge on any atom is 0.207 e. The number of para-hydroxylation sites is 1. The molecule has 0 bridgehead atoms. The Kier molecular flexibility index (Phi) is 1.13. The smallest absolute Gasteiger partial charge is 0.207 e. The van der Waals surface area contributed by atoms with Crippen molar-refractivity contribution in [3.63, 3.8) is 0 Å². The average Bonchev–Trinajstić information content (AvgIpc) is 2.05. The van der Waals surface area contributed by atoms with E-state index in [1.807, 2.05) is 24.3 Å². The number of hydrogen-bond acceptors (Lipinski definition) is 3. The Morgan fingerprint density at radius 3 is 2.80 bits per heavy atom. The summed E-state index contributed by atoms with van der Waals surface area (Å²) >= 11 is 0. The van der Waals surface area contributed by atoms with Crippen LogP contribution in [0.15, 0.2) is 34.4 Å². The molecule has 3 heteroatoms. The van der Waals surface area contributed by atoms with Gasteiger partial charge in [-0.3, -0.25) is 0 Å². The summed E-state index contributed by atoms with van der Waals surface area (Å²) in [5.41, 5.74) is 0. The van der Waals surface area contributed by atoms with E-state index >= 15 is 0 Å². The first kappa shape index (κ1) is 5.41. The van der Waals surface area contributed by atoms with Gasteiger partial charge in [-0.2, -0.15) is 0 Å². The van der Waals surface area contributed by atoms with Crippen molar-refractivity contribution >= 4 is 0 Å². The number of fused-ring (bicyclic) bond motifs is 1. The van der Waals surface area contributed by atoms with Crippen LogP contribution < -0.4 is 10.7 Å². The van der Waals surface area contributed by atoms with Crippen molar-refractivity contribution in [2.75, 3.05) is 6.73 Å². The zero-order chi connectivity index (χ0) is 6.81. The number of nitrogens with zero attached hydrogens (tertiary/aromatic N) is 2. The van der Waals surface area contributed by atoms with E-state index in [1.165, 1.54) is 0 Å². The molecular formula is C7H6N2O. The van der Waals surface area contributed by atoms with Gasteiger partial charge in [0.15, 0.2) is 0 Å². The molecule has 0 saturated heterocycles. The molecule has 1 aliphatic rings. The Labute approximate surface area is 57.6 Å². The van der Waals surface area contributed by atoms with Gasteiger partial charge in [-0.15, -0.1) is 0 Å². The van der Waals surface area contributed by atoms with Crippen LogP contribution in [0.1, 0.15) is 0 Å². The highest BCUT2D eigenvalue weighted by Crippen LogP contribution is 1.79. The van der Waals surface area contributed by atoms with Crippen molar-refractivity contribution in [3.05, 3.63) is 35.0 Å². The van der Waals surface area contributed by atoms with Gasteiger partial charge < -0.3 is 4.84 Å². The Hall–Kier alpha value is -1.38. The molecule has 0 saturated carbocycles. The summed E-state index contributed by atoms with van der Waals surface area (Å²) in [4.78, 5) is 8.83. The van der Waals surface area contributed by atoms with Gasteiger partial charge in [-0.25, -0.2) is 4.99 Å². The minimum absolute atomic E-state index is 0.344. The quantitative estimate of drug-likeness (QED) is 0.485. The molecule has 0 aromatic heterocycles. The molecule has 0 spiro atoms. The number of benzene rings is 1. The van der Waals surface area contributed by atoms with Crippen LogP contribution in [-0.2, 0) is 4.84 Å². The van der Waals surface area contributed by atoms with Crippen LogP contribution in [0.4, 0.5) is 0 Å². The molecule has 0 atom stereocenters. The molecule has 1 aromatic carbocycles. The zero-order valence-electron chi connectivity index (χ0n) is 5.32. The lowest BCUT2D eigenvalue weighted by Crippen LogP contribution is -2.28. The highest BCUT2D eigenvalue weighted by atomic mass is 16.6. The van der Waals surface area contributed by atoms with Gasteiger partial charge in [0.1, 0.15) is 5.36 Å². The lowest BCUT2D eigenvalue weighted by atomic mass is 10.3. The fraction of sp³-hybridized carbons (Fsp3) is 0.143. The molecule has 0 unspecified atom stereocenters. The van der Waals surface area contributed by atoms with Crippen LogP contribution in [0.3, 0.4) is 0 Å². The first-order valence-electron chi connectivity index (χ1n) is 3.06. The first-order chi connectivity index (χ1) is 4.97. The molecular weight excluding hydrogens is 128 g/mol. The molecule has 3 nitrogen and oxygen atoms in total. The Morgan fingerprint density at radius 1 is 1.20 bits per heavy atom. The second-order valence-electron chi connectivity index (χ2n) is 2.00. The van der Waals surface area contributed by atoms with Gasteiger partial charge in [0.25, 0.3) is 0 Å². The van der Waals surface area contributed by atoms with Crippen molar-refractivity contribution in [1.82, 2.24) is 0 Å². The van der Waals surface area contributed by atoms with E-state index < -0.39 is 0 Å². The van der Waals surface area contributed by atoms with Crippen LogP contribution in [0.25, 0.3) is 0 Å². The van der Waals surface area contributed by atoms with E-state index in [-0.39, 0.29) is 0 Å². The standard InChI is InChI=1S/C7H6N2O/c1-2-4-7-6(3-1)8-5-10-9-7/h1-4H,5H2. The Balaban J connectivity index is 2.84. The zero-order valence-corrected chi connectivity index (χ0v) is 5.32. The second-order valence-corrected chi connectivity index (χ2v) is 2.00. The summed E-state index contributed by atoms with van der Waals surface area (Å²) in [5.74, 6) is 0. The van der Waals surface area contributed by atoms with Crippen molar-refractivity contribution in [1.29, 1.82) is 0 Å². The van der Waals surface area contributed by atoms with E-state index in [9.17, 15) is 0 Å². The van der Waals surface area contributed by atoms with Crippen molar-refractivity contribution in [2.45, 2.75) is 0 Å².